The molecule has 1 aliphatic carbocycles. The van der Waals surface area contributed by atoms with E-state index in [4.69, 9.17) is 9.47 Å². The minimum absolute atomic E-state index is 0.0415. The zero-order valence-corrected chi connectivity index (χ0v) is 15.9. The number of hydrogen-bond acceptors (Lipinski definition) is 3. The van der Waals surface area contributed by atoms with Crippen molar-refractivity contribution in [3.8, 4) is 11.5 Å². The van der Waals surface area contributed by atoms with E-state index < -0.39 is 0 Å². The average molecular weight is 371 g/mol. The minimum atomic E-state index is -0.272. The third kappa shape index (κ3) is 5.00. The third-order valence-electron chi connectivity index (χ3n) is 4.68. The molecule has 0 saturated heterocycles. The quantitative estimate of drug-likeness (QED) is 0.593. The van der Waals surface area contributed by atoms with Crippen molar-refractivity contribution in [3.05, 3.63) is 59.4 Å². The van der Waals surface area contributed by atoms with Gasteiger partial charge in [-0.25, -0.2) is 4.39 Å². The number of benzene rings is 2. The largest absolute Gasteiger partial charge is 0.493 e. The van der Waals surface area contributed by atoms with Crippen molar-refractivity contribution in [2.24, 2.45) is 0 Å². The smallest absolute Gasteiger partial charge is 0.254 e. The maximum absolute atomic E-state index is 13.1. The van der Waals surface area contributed by atoms with Crippen LogP contribution in [0.5, 0.6) is 11.5 Å². The van der Waals surface area contributed by atoms with E-state index in [0.29, 0.717) is 30.2 Å². The highest BCUT2D eigenvalue weighted by Crippen LogP contribution is 2.33. The molecule has 2 aromatic carbocycles. The normalized spacial score (nSPS) is 13.3. The Bertz CT molecular complexity index is 772. The molecule has 144 valence electrons. The van der Waals surface area contributed by atoms with E-state index >= 15 is 0 Å². The number of rotatable bonds is 9. The van der Waals surface area contributed by atoms with E-state index in [9.17, 15) is 9.18 Å². The maximum atomic E-state index is 13.1. The van der Waals surface area contributed by atoms with Gasteiger partial charge in [-0.05, 0) is 55.2 Å². The molecule has 0 unspecified atom stereocenters. The number of nitrogens with zero attached hydrogens (tertiary/aromatic N) is 1. The molecule has 2 aromatic rings. The average Bonchev–Trinajstić information content (AvgIpc) is 3.52. The molecule has 0 spiro atoms. The molecule has 0 heterocycles. The molecule has 4 nitrogen and oxygen atoms in total. The first kappa shape index (κ1) is 19.2. The first-order valence-corrected chi connectivity index (χ1v) is 9.48. The van der Waals surface area contributed by atoms with Crippen molar-refractivity contribution in [1.82, 2.24) is 4.90 Å². The van der Waals surface area contributed by atoms with E-state index in [1.54, 1.807) is 37.4 Å². The molecule has 0 bridgehead atoms. The highest BCUT2D eigenvalue weighted by Gasteiger charge is 2.33. The summed E-state index contributed by atoms with van der Waals surface area (Å²) >= 11 is 0. The number of carbonyl (C=O) groups excluding carboxylic acids is 1. The monoisotopic (exact) mass is 371 g/mol. The zero-order valence-electron chi connectivity index (χ0n) is 15.9. The first-order valence-electron chi connectivity index (χ1n) is 9.48. The van der Waals surface area contributed by atoms with Crippen LogP contribution in [0.2, 0.25) is 0 Å². The molecule has 1 saturated carbocycles. The Balaban J connectivity index is 1.76. The second kappa shape index (κ2) is 8.89. The number of amides is 1. The van der Waals surface area contributed by atoms with Crippen LogP contribution in [0.25, 0.3) is 0 Å². The Morgan fingerprint density at radius 2 is 1.89 bits per heavy atom. The second-order valence-electron chi connectivity index (χ2n) is 6.86. The van der Waals surface area contributed by atoms with Gasteiger partial charge in [0.25, 0.3) is 5.91 Å². The number of halogens is 1. The number of carbonyl (C=O) groups is 1. The first-order chi connectivity index (χ1) is 13.1. The van der Waals surface area contributed by atoms with Crippen LogP contribution in [0.4, 0.5) is 4.39 Å². The van der Waals surface area contributed by atoms with Crippen molar-refractivity contribution in [3.63, 3.8) is 0 Å². The lowest BCUT2D eigenvalue weighted by molar-refractivity contribution is 0.0729. The molecular formula is C22H26FNO3. The fraction of sp³-hybridized carbons (Fsp3) is 0.409. The number of methoxy groups -OCH3 is 1. The summed E-state index contributed by atoms with van der Waals surface area (Å²) in [4.78, 5) is 15.0. The Labute approximate surface area is 159 Å². The van der Waals surface area contributed by atoms with Crippen LogP contribution in [0, 0.1) is 5.82 Å². The fourth-order valence-electron chi connectivity index (χ4n) is 2.95. The van der Waals surface area contributed by atoms with Crippen LogP contribution in [-0.2, 0) is 6.54 Å². The Morgan fingerprint density at radius 3 is 2.52 bits per heavy atom. The fourth-order valence-corrected chi connectivity index (χ4v) is 2.95. The van der Waals surface area contributed by atoms with E-state index in [2.05, 4.69) is 6.92 Å². The van der Waals surface area contributed by atoms with Crippen molar-refractivity contribution in [1.29, 1.82) is 0 Å². The molecule has 27 heavy (non-hydrogen) atoms. The number of hydrogen-bond donors (Lipinski definition) is 0. The topological polar surface area (TPSA) is 38.8 Å². The predicted octanol–water partition coefficient (Wildman–Crippen LogP) is 4.82. The molecule has 5 heteroatoms. The van der Waals surface area contributed by atoms with Crippen LogP contribution < -0.4 is 9.47 Å². The minimum Gasteiger partial charge on any atom is -0.493 e. The van der Waals surface area contributed by atoms with E-state index in [-0.39, 0.29) is 17.8 Å². The van der Waals surface area contributed by atoms with Gasteiger partial charge in [0.1, 0.15) is 5.82 Å². The maximum Gasteiger partial charge on any atom is 0.254 e. The van der Waals surface area contributed by atoms with Crippen LogP contribution in [0.3, 0.4) is 0 Å². The van der Waals surface area contributed by atoms with Crippen LogP contribution in [-0.4, -0.2) is 30.6 Å². The van der Waals surface area contributed by atoms with Gasteiger partial charge in [0, 0.05) is 18.2 Å². The van der Waals surface area contributed by atoms with Gasteiger partial charge in [0.15, 0.2) is 11.5 Å². The second-order valence-corrected chi connectivity index (χ2v) is 6.86. The highest BCUT2D eigenvalue weighted by atomic mass is 19.1. The molecule has 3 rings (SSSR count). The van der Waals surface area contributed by atoms with Gasteiger partial charge in [-0.1, -0.05) is 25.5 Å². The van der Waals surface area contributed by atoms with Gasteiger partial charge in [0.05, 0.1) is 13.7 Å². The molecular weight excluding hydrogens is 345 g/mol. The number of unbranched alkanes of at least 4 members (excludes halogenated alkanes) is 1. The molecule has 1 fully saturated rings. The number of ether oxygens (including phenoxy) is 2. The van der Waals surface area contributed by atoms with E-state index in [0.717, 1.165) is 31.2 Å². The predicted molar refractivity (Wildman–Crippen MR) is 103 cm³/mol. The summed E-state index contributed by atoms with van der Waals surface area (Å²) in [5, 5.41) is 0. The van der Waals surface area contributed by atoms with Crippen LogP contribution in [0.15, 0.2) is 42.5 Å². The Hall–Kier alpha value is -2.56. The van der Waals surface area contributed by atoms with Gasteiger partial charge in [-0.15, -0.1) is 0 Å². The Kier molecular flexibility index (Phi) is 6.32. The van der Waals surface area contributed by atoms with Gasteiger partial charge >= 0.3 is 0 Å². The van der Waals surface area contributed by atoms with E-state index in [1.165, 1.54) is 12.1 Å². The summed E-state index contributed by atoms with van der Waals surface area (Å²) in [7, 11) is 1.58. The zero-order chi connectivity index (χ0) is 19.2. The third-order valence-corrected chi connectivity index (χ3v) is 4.68. The summed E-state index contributed by atoms with van der Waals surface area (Å²) in [5.74, 6) is 0.903. The molecule has 0 N–H and O–H groups in total. The van der Waals surface area contributed by atoms with Crippen molar-refractivity contribution in [2.45, 2.75) is 45.2 Å². The van der Waals surface area contributed by atoms with Gasteiger partial charge in [0.2, 0.25) is 0 Å². The molecule has 0 aromatic heterocycles. The lowest BCUT2D eigenvalue weighted by Gasteiger charge is -2.23. The lowest BCUT2D eigenvalue weighted by atomic mass is 10.1. The van der Waals surface area contributed by atoms with Crippen molar-refractivity contribution >= 4 is 5.91 Å². The molecule has 1 amide bonds. The standard InChI is InChI=1S/C22H26FNO3/c1-3-4-13-27-20-12-7-17(14-21(20)26-2)22(25)24(19-10-11-19)15-16-5-8-18(23)9-6-16/h5-9,12,14,19H,3-4,10-11,13,15H2,1-2H3. The Morgan fingerprint density at radius 1 is 1.15 bits per heavy atom. The van der Waals surface area contributed by atoms with E-state index in [1.807, 2.05) is 4.90 Å². The van der Waals surface area contributed by atoms with Crippen molar-refractivity contribution in [2.75, 3.05) is 13.7 Å². The van der Waals surface area contributed by atoms with Gasteiger partial charge < -0.3 is 14.4 Å². The summed E-state index contributed by atoms with van der Waals surface area (Å²) in [6.07, 6.45) is 4.03. The summed E-state index contributed by atoms with van der Waals surface area (Å²) in [6.45, 7) is 3.20. The van der Waals surface area contributed by atoms with Crippen LogP contribution in [0.1, 0.15) is 48.5 Å². The van der Waals surface area contributed by atoms with Gasteiger partial charge in [-0.2, -0.15) is 0 Å². The van der Waals surface area contributed by atoms with Crippen molar-refractivity contribution < 1.29 is 18.7 Å². The van der Waals surface area contributed by atoms with Crippen LogP contribution >= 0.6 is 0 Å². The SMILES string of the molecule is CCCCOc1ccc(C(=O)N(Cc2ccc(F)cc2)C2CC2)cc1OC. The molecule has 1 aliphatic rings. The van der Waals surface area contributed by atoms with Gasteiger partial charge in [-0.3, -0.25) is 4.79 Å². The highest BCUT2D eigenvalue weighted by molar-refractivity contribution is 5.95. The lowest BCUT2D eigenvalue weighted by Crippen LogP contribution is -2.32. The summed E-state index contributed by atoms with van der Waals surface area (Å²) < 4.78 is 24.3. The molecule has 0 atom stereocenters. The molecule has 0 radical (unpaired) electrons. The summed E-state index contributed by atoms with van der Waals surface area (Å²) in [5.41, 5.74) is 1.49. The summed E-state index contributed by atoms with van der Waals surface area (Å²) in [6, 6.07) is 11.9. The molecule has 0 aliphatic heterocycles.